The fourth-order valence-corrected chi connectivity index (χ4v) is 4.68. The van der Waals surface area contributed by atoms with Gasteiger partial charge >= 0.3 is 5.97 Å². The van der Waals surface area contributed by atoms with Gasteiger partial charge in [0.25, 0.3) is 0 Å². The minimum atomic E-state index is -0.316. The van der Waals surface area contributed by atoms with Gasteiger partial charge in [-0.3, -0.25) is 0 Å². The van der Waals surface area contributed by atoms with Gasteiger partial charge in [0.1, 0.15) is 0 Å². The molecule has 0 aliphatic carbocycles. The van der Waals surface area contributed by atoms with E-state index in [4.69, 9.17) is 21.7 Å². The molecule has 1 aliphatic rings. The summed E-state index contributed by atoms with van der Waals surface area (Å²) in [6, 6.07) is 14.1. The fourth-order valence-electron chi connectivity index (χ4n) is 4.41. The first kappa shape index (κ1) is 27.0. The Kier molecular flexibility index (Phi) is 10.8. The van der Waals surface area contributed by atoms with Crippen LogP contribution in [0.15, 0.2) is 42.5 Å². The minimum absolute atomic E-state index is 0.316. The second-order valence-electron chi connectivity index (χ2n) is 8.75. The Morgan fingerprint density at radius 1 is 1.11 bits per heavy atom. The minimum Gasteiger partial charge on any atom is -0.462 e. The number of nitrogens with one attached hydrogen (secondary N) is 1. The van der Waals surface area contributed by atoms with Crippen LogP contribution < -0.4 is 10.2 Å². The lowest BCUT2D eigenvalue weighted by molar-refractivity contribution is 0.0526. The van der Waals surface area contributed by atoms with Crippen molar-refractivity contribution in [1.29, 1.82) is 0 Å². The molecule has 0 saturated carbocycles. The number of rotatable bonds is 12. The lowest BCUT2D eigenvalue weighted by atomic mass is 9.99. The van der Waals surface area contributed by atoms with E-state index in [9.17, 15) is 4.79 Å². The van der Waals surface area contributed by atoms with Crippen molar-refractivity contribution in [2.75, 3.05) is 49.7 Å². The summed E-state index contributed by atoms with van der Waals surface area (Å²) in [6.45, 7) is 11.6. The van der Waals surface area contributed by atoms with Crippen LogP contribution >= 0.6 is 12.2 Å². The maximum Gasteiger partial charge on any atom is 0.338 e. The predicted molar refractivity (Wildman–Crippen MR) is 147 cm³/mol. The molecular weight excluding hydrogens is 458 g/mol. The zero-order valence-electron chi connectivity index (χ0n) is 21.3. The van der Waals surface area contributed by atoms with Crippen molar-refractivity contribution in [1.82, 2.24) is 4.90 Å². The van der Waals surface area contributed by atoms with Gasteiger partial charge in [-0.05, 0) is 93.2 Å². The Morgan fingerprint density at radius 3 is 2.63 bits per heavy atom. The average Bonchev–Trinajstić information content (AvgIpc) is 2.86. The monoisotopic (exact) mass is 497 g/mol. The molecule has 1 heterocycles. The van der Waals surface area contributed by atoms with Crippen LogP contribution in [-0.4, -0.2) is 55.4 Å². The standard InChI is InChI=1S/C28H39N3O3S/c1-4-16-30-17-7-9-24-20-22(10-15-26(24)30)21-31(18-8-19-33-5-2)28(35)29-25-13-11-23(12-14-25)27(32)34-6-3/h10-15,20H,4-9,16-19,21H2,1-3H3,(H,29,35). The van der Waals surface area contributed by atoms with Crippen LogP contribution in [0, 0.1) is 0 Å². The molecule has 2 aromatic rings. The molecule has 6 nitrogen and oxygen atoms in total. The summed E-state index contributed by atoms with van der Waals surface area (Å²) >= 11 is 5.81. The summed E-state index contributed by atoms with van der Waals surface area (Å²) in [4.78, 5) is 16.6. The summed E-state index contributed by atoms with van der Waals surface area (Å²) in [5.74, 6) is -0.316. The molecule has 0 unspecified atom stereocenters. The molecule has 0 aromatic heterocycles. The molecule has 0 spiro atoms. The Morgan fingerprint density at radius 2 is 1.91 bits per heavy atom. The number of benzene rings is 2. The number of esters is 1. The van der Waals surface area contributed by atoms with Crippen LogP contribution in [0.1, 0.15) is 61.5 Å². The summed E-state index contributed by atoms with van der Waals surface area (Å²) in [7, 11) is 0. The molecule has 0 amide bonds. The zero-order valence-corrected chi connectivity index (χ0v) is 22.2. The summed E-state index contributed by atoms with van der Waals surface area (Å²) < 4.78 is 10.6. The van der Waals surface area contributed by atoms with E-state index in [1.54, 1.807) is 19.1 Å². The van der Waals surface area contributed by atoms with E-state index in [1.807, 2.05) is 19.1 Å². The molecule has 0 bridgehead atoms. The van der Waals surface area contributed by atoms with Crippen LogP contribution in [0.25, 0.3) is 0 Å². The molecule has 0 radical (unpaired) electrons. The third-order valence-electron chi connectivity index (χ3n) is 6.08. The SMILES string of the molecule is CCCN1CCCc2cc(CN(CCCOCC)C(=S)Nc3ccc(C(=O)OCC)cc3)ccc21. The van der Waals surface area contributed by atoms with E-state index in [0.717, 1.165) is 51.1 Å². The summed E-state index contributed by atoms with van der Waals surface area (Å²) in [5, 5.41) is 4.01. The van der Waals surface area contributed by atoms with E-state index in [2.05, 4.69) is 40.2 Å². The highest BCUT2D eigenvalue weighted by Gasteiger charge is 2.18. The zero-order chi connectivity index (χ0) is 25.0. The second-order valence-corrected chi connectivity index (χ2v) is 9.14. The number of thiocarbonyl (C=S) groups is 1. The van der Waals surface area contributed by atoms with Gasteiger partial charge in [-0.1, -0.05) is 19.1 Å². The molecule has 35 heavy (non-hydrogen) atoms. The third-order valence-corrected chi connectivity index (χ3v) is 6.44. The quantitative estimate of drug-likeness (QED) is 0.231. The maximum absolute atomic E-state index is 11.9. The summed E-state index contributed by atoms with van der Waals surface area (Å²) in [5.41, 5.74) is 5.46. The van der Waals surface area contributed by atoms with Crippen molar-refractivity contribution in [2.45, 2.75) is 53.0 Å². The van der Waals surface area contributed by atoms with Crippen LogP contribution in [0.2, 0.25) is 0 Å². The lowest BCUT2D eigenvalue weighted by Gasteiger charge is -2.32. The first-order valence-electron chi connectivity index (χ1n) is 12.8. The predicted octanol–water partition coefficient (Wildman–Crippen LogP) is 5.65. The second kappa shape index (κ2) is 14.0. The van der Waals surface area contributed by atoms with E-state index < -0.39 is 0 Å². The van der Waals surface area contributed by atoms with Gasteiger partial charge in [-0.2, -0.15) is 0 Å². The molecule has 1 aliphatic heterocycles. The van der Waals surface area contributed by atoms with Crippen LogP contribution in [0.4, 0.5) is 11.4 Å². The topological polar surface area (TPSA) is 54.0 Å². The molecule has 0 atom stereocenters. The van der Waals surface area contributed by atoms with E-state index in [0.29, 0.717) is 30.5 Å². The highest BCUT2D eigenvalue weighted by Crippen LogP contribution is 2.28. The van der Waals surface area contributed by atoms with Gasteiger partial charge in [0.15, 0.2) is 5.11 Å². The van der Waals surface area contributed by atoms with Gasteiger partial charge in [-0.15, -0.1) is 0 Å². The normalized spacial score (nSPS) is 12.7. The van der Waals surface area contributed by atoms with Crippen molar-refractivity contribution in [3.05, 3.63) is 59.2 Å². The van der Waals surface area contributed by atoms with Gasteiger partial charge in [-0.25, -0.2) is 4.79 Å². The Bertz CT molecular complexity index is 964. The van der Waals surface area contributed by atoms with Gasteiger partial charge in [0, 0.05) is 50.8 Å². The number of ether oxygens (including phenoxy) is 2. The van der Waals surface area contributed by atoms with Gasteiger partial charge in [0.2, 0.25) is 0 Å². The number of fused-ring (bicyclic) bond motifs is 1. The van der Waals surface area contributed by atoms with E-state index in [-0.39, 0.29) is 5.97 Å². The smallest absolute Gasteiger partial charge is 0.338 e. The first-order chi connectivity index (χ1) is 17.0. The molecule has 0 saturated heterocycles. The Labute approximate surface area is 215 Å². The number of hydrogen-bond donors (Lipinski definition) is 1. The van der Waals surface area contributed by atoms with Crippen molar-refractivity contribution in [3.63, 3.8) is 0 Å². The highest BCUT2D eigenvalue weighted by molar-refractivity contribution is 7.80. The summed E-state index contributed by atoms with van der Waals surface area (Å²) in [6.07, 6.45) is 4.39. The molecular formula is C28H39N3O3S. The molecule has 2 aromatic carbocycles. The molecule has 1 N–H and O–H groups in total. The first-order valence-corrected chi connectivity index (χ1v) is 13.2. The fraction of sp³-hybridized carbons (Fsp3) is 0.500. The van der Waals surface area contributed by atoms with Crippen LogP contribution in [-0.2, 0) is 22.4 Å². The van der Waals surface area contributed by atoms with E-state index in [1.165, 1.54) is 23.2 Å². The largest absolute Gasteiger partial charge is 0.462 e. The van der Waals surface area contributed by atoms with Crippen LogP contribution in [0.3, 0.4) is 0 Å². The number of carbonyl (C=O) groups is 1. The number of hydrogen-bond acceptors (Lipinski definition) is 5. The van der Waals surface area contributed by atoms with E-state index >= 15 is 0 Å². The Balaban J connectivity index is 1.70. The maximum atomic E-state index is 11.9. The molecule has 190 valence electrons. The molecule has 0 fully saturated rings. The van der Waals surface area contributed by atoms with Gasteiger partial charge < -0.3 is 24.6 Å². The molecule has 7 heteroatoms. The van der Waals surface area contributed by atoms with Crippen LogP contribution in [0.5, 0.6) is 0 Å². The van der Waals surface area contributed by atoms with Crippen molar-refractivity contribution in [3.8, 4) is 0 Å². The van der Waals surface area contributed by atoms with Crippen molar-refractivity contribution >= 4 is 34.7 Å². The Hall–Kier alpha value is -2.64. The molecule has 3 rings (SSSR count). The van der Waals surface area contributed by atoms with Crippen molar-refractivity contribution in [2.24, 2.45) is 0 Å². The average molecular weight is 498 g/mol. The number of anilines is 2. The van der Waals surface area contributed by atoms with Crippen molar-refractivity contribution < 1.29 is 14.3 Å². The third kappa shape index (κ3) is 7.94. The van der Waals surface area contributed by atoms with Gasteiger partial charge in [0.05, 0.1) is 12.2 Å². The lowest BCUT2D eigenvalue weighted by Crippen LogP contribution is -2.35. The number of carbonyl (C=O) groups excluding carboxylic acids is 1. The number of aryl methyl sites for hydroxylation is 1. The highest BCUT2D eigenvalue weighted by atomic mass is 32.1. The number of nitrogens with zero attached hydrogens (tertiary/aromatic N) is 2.